The van der Waals surface area contributed by atoms with Gasteiger partial charge in [-0.05, 0) is 64.7 Å². The molecule has 7 N–H and O–H groups in total. The largest absolute Gasteiger partial charge is 0.508 e. The summed E-state index contributed by atoms with van der Waals surface area (Å²) >= 11 is 0. The van der Waals surface area contributed by atoms with Crippen LogP contribution in [0.3, 0.4) is 0 Å². The van der Waals surface area contributed by atoms with Crippen molar-refractivity contribution >= 4 is 34.2 Å². The van der Waals surface area contributed by atoms with Gasteiger partial charge in [0.05, 0.1) is 18.2 Å². The van der Waals surface area contributed by atoms with Crippen molar-refractivity contribution in [3.05, 3.63) is 102 Å². The number of hydrogen-bond donors (Lipinski definition) is 5. The van der Waals surface area contributed by atoms with Gasteiger partial charge in [0.2, 0.25) is 11.8 Å². The molecule has 0 heterocycles. The fourth-order valence-electron chi connectivity index (χ4n) is 3.89. The van der Waals surface area contributed by atoms with Gasteiger partial charge in [0.25, 0.3) is 5.91 Å². The summed E-state index contributed by atoms with van der Waals surface area (Å²) in [4.78, 5) is 36.5. The molecule has 0 saturated heterocycles. The van der Waals surface area contributed by atoms with Crippen LogP contribution in [-0.2, 0) is 22.6 Å². The van der Waals surface area contributed by atoms with Crippen molar-refractivity contribution < 1.29 is 24.2 Å². The molecule has 38 heavy (non-hydrogen) atoms. The highest BCUT2D eigenvalue weighted by Crippen LogP contribution is 2.27. The van der Waals surface area contributed by atoms with Crippen LogP contribution in [0.1, 0.15) is 21.5 Å². The minimum atomic E-state index is -0.779. The second-order valence-electron chi connectivity index (χ2n) is 8.80. The normalized spacial score (nSPS) is 11.5. The van der Waals surface area contributed by atoms with E-state index in [9.17, 15) is 19.5 Å². The Morgan fingerprint density at radius 3 is 2.29 bits per heavy atom. The lowest BCUT2D eigenvalue weighted by atomic mass is 10.1. The van der Waals surface area contributed by atoms with Crippen LogP contribution in [-0.4, -0.2) is 35.4 Å². The van der Waals surface area contributed by atoms with Crippen LogP contribution >= 0.6 is 0 Å². The molecule has 0 bridgehead atoms. The first kappa shape index (κ1) is 26.2. The molecule has 4 rings (SSSR count). The summed E-state index contributed by atoms with van der Waals surface area (Å²) in [5.74, 6) is -0.987. The first-order valence-electron chi connectivity index (χ1n) is 11.9. The first-order valence-corrected chi connectivity index (χ1v) is 11.9. The summed E-state index contributed by atoms with van der Waals surface area (Å²) < 4.78 is 6.02. The molecule has 1 atom stereocenters. The van der Waals surface area contributed by atoms with Crippen molar-refractivity contribution in [2.75, 3.05) is 11.9 Å². The molecule has 3 amide bonds. The third-order valence-electron chi connectivity index (χ3n) is 5.83. The number of phenolic OH excluding ortho intramolecular Hbond substituents is 1. The van der Waals surface area contributed by atoms with Crippen molar-refractivity contribution in [1.29, 1.82) is 0 Å². The minimum absolute atomic E-state index is 0.123. The number of fused-ring (bicyclic) bond motifs is 1. The van der Waals surface area contributed by atoms with Crippen LogP contribution in [0.15, 0.2) is 84.9 Å². The highest BCUT2D eigenvalue weighted by atomic mass is 16.5. The van der Waals surface area contributed by atoms with Gasteiger partial charge in [-0.3, -0.25) is 14.4 Å². The maximum absolute atomic E-state index is 12.7. The molecule has 9 heteroatoms. The SMILES string of the molecule is NC(=O)CNC(=O)c1cc2ccccc2cc1OCc1cccc(NC(=O)[C@H](N)Cc2ccc(O)cc2)c1. The number of anilines is 1. The fraction of sp³-hybridized carbons (Fsp3) is 0.138. The molecule has 0 unspecified atom stereocenters. The number of nitrogens with one attached hydrogen (secondary N) is 2. The highest BCUT2D eigenvalue weighted by molar-refractivity contribution is 6.02. The van der Waals surface area contributed by atoms with Crippen molar-refractivity contribution in [3.63, 3.8) is 0 Å². The maximum atomic E-state index is 12.7. The Morgan fingerprint density at radius 1 is 0.868 bits per heavy atom. The zero-order valence-electron chi connectivity index (χ0n) is 20.5. The maximum Gasteiger partial charge on any atom is 0.255 e. The summed E-state index contributed by atoms with van der Waals surface area (Å²) in [6.45, 7) is -0.167. The Morgan fingerprint density at radius 2 is 1.58 bits per heavy atom. The van der Waals surface area contributed by atoms with Gasteiger partial charge in [0.15, 0.2) is 0 Å². The lowest BCUT2D eigenvalue weighted by molar-refractivity contribution is -0.118. The fourth-order valence-corrected chi connectivity index (χ4v) is 3.89. The molecular weight excluding hydrogens is 484 g/mol. The van der Waals surface area contributed by atoms with E-state index >= 15 is 0 Å². The van der Waals surface area contributed by atoms with E-state index in [1.807, 2.05) is 30.3 Å². The minimum Gasteiger partial charge on any atom is -0.508 e. The Labute approximate surface area is 219 Å². The lowest BCUT2D eigenvalue weighted by Gasteiger charge is -2.15. The Kier molecular flexibility index (Phi) is 8.20. The van der Waals surface area contributed by atoms with Crippen LogP contribution in [0, 0.1) is 0 Å². The third-order valence-corrected chi connectivity index (χ3v) is 5.83. The predicted octanol–water partition coefficient (Wildman–Crippen LogP) is 2.85. The standard InChI is InChI=1S/C29H28N4O5/c30-25(13-18-8-10-23(34)11-9-18)29(37)33-22-7-3-4-19(12-22)17-38-26-15-21-6-2-1-5-20(21)14-24(26)28(36)32-16-27(31)35/h1-12,14-15,25,34H,13,16-17,30H2,(H2,31,35)(H,32,36)(H,33,37)/t25-/m1/s1. The number of aromatic hydroxyl groups is 1. The van der Waals surface area contributed by atoms with Gasteiger partial charge in [0.1, 0.15) is 18.1 Å². The van der Waals surface area contributed by atoms with E-state index in [-0.39, 0.29) is 30.4 Å². The Balaban J connectivity index is 1.45. The first-order chi connectivity index (χ1) is 18.3. The molecule has 0 aliphatic carbocycles. The molecule has 0 radical (unpaired) electrons. The van der Waals surface area contributed by atoms with Gasteiger partial charge in [0, 0.05) is 5.69 Å². The van der Waals surface area contributed by atoms with Crippen molar-refractivity contribution in [2.45, 2.75) is 19.1 Å². The van der Waals surface area contributed by atoms with Crippen LogP contribution in [0.25, 0.3) is 10.8 Å². The number of nitrogens with two attached hydrogens (primary N) is 2. The lowest BCUT2D eigenvalue weighted by Crippen LogP contribution is -2.37. The Hall–Kier alpha value is -4.89. The quantitative estimate of drug-likeness (QED) is 0.220. The zero-order valence-corrected chi connectivity index (χ0v) is 20.5. The van der Waals surface area contributed by atoms with Gasteiger partial charge < -0.3 is 31.9 Å². The third kappa shape index (κ3) is 6.86. The van der Waals surface area contributed by atoms with E-state index in [1.165, 1.54) is 0 Å². The average Bonchev–Trinajstić information content (AvgIpc) is 2.91. The summed E-state index contributed by atoms with van der Waals surface area (Å²) in [6.07, 6.45) is 0.317. The van der Waals surface area contributed by atoms with E-state index in [0.717, 1.165) is 21.9 Å². The van der Waals surface area contributed by atoms with Crippen molar-refractivity contribution in [3.8, 4) is 11.5 Å². The van der Waals surface area contributed by atoms with Crippen LogP contribution in [0.4, 0.5) is 5.69 Å². The second kappa shape index (κ2) is 11.9. The van der Waals surface area contributed by atoms with E-state index in [0.29, 0.717) is 17.9 Å². The molecule has 194 valence electrons. The number of benzene rings is 4. The second-order valence-corrected chi connectivity index (χ2v) is 8.80. The number of rotatable bonds is 10. The molecule has 4 aromatic rings. The van der Waals surface area contributed by atoms with Gasteiger partial charge >= 0.3 is 0 Å². The highest BCUT2D eigenvalue weighted by Gasteiger charge is 2.17. The molecule has 0 aliphatic rings. The molecule has 4 aromatic carbocycles. The number of ether oxygens (including phenoxy) is 1. The van der Waals surface area contributed by atoms with Crippen LogP contribution in [0.2, 0.25) is 0 Å². The van der Waals surface area contributed by atoms with Crippen LogP contribution < -0.4 is 26.8 Å². The molecule has 9 nitrogen and oxygen atoms in total. The van der Waals surface area contributed by atoms with E-state index in [1.54, 1.807) is 54.6 Å². The van der Waals surface area contributed by atoms with Crippen molar-refractivity contribution in [1.82, 2.24) is 5.32 Å². The number of hydrogen-bond acceptors (Lipinski definition) is 6. The zero-order chi connectivity index (χ0) is 27.1. The van der Waals surface area contributed by atoms with E-state index in [4.69, 9.17) is 16.2 Å². The van der Waals surface area contributed by atoms with Gasteiger partial charge in [-0.2, -0.15) is 0 Å². The van der Waals surface area contributed by atoms with Gasteiger partial charge in [-0.15, -0.1) is 0 Å². The molecule has 0 aliphatic heterocycles. The molecule has 0 spiro atoms. The molecule has 0 fully saturated rings. The molecule has 0 aromatic heterocycles. The number of phenols is 1. The monoisotopic (exact) mass is 512 g/mol. The summed E-state index contributed by atoms with van der Waals surface area (Å²) in [6, 6.07) is 23.9. The number of carbonyl (C=O) groups is 3. The summed E-state index contributed by atoms with van der Waals surface area (Å²) in [5, 5.41) is 16.5. The number of primary amides is 1. The van der Waals surface area contributed by atoms with Crippen LogP contribution in [0.5, 0.6) is 11.5 Å². The summed E-state index contributed by atoms with van der Waals surface area (Å²) in [5.41, 5.74) is 13.6. The smallest absolute Gasteiger partial charge is 0.255 e. The molecular formula is C29H28N4O5. The number of amides is 3. The van der Waals surface area contributed by atoms with E-state index in [2.05, 4.69) is 10.6 Å². The van der Waals surface area contributed by atoms with Gasteiger partial charge in [-0.1, -0.05) is 48.5 Å². The van der Waals surface area contributed by atoms with Gasteiger partial charge in [-0.25, -0.2) is 0 Å². The average molecular weight is 513 g/mol. The number of carbonyl (C=O) groups excluding carboxylic acids is 3. The predicted molar refractivity (Wildman–Crippen MR) is 145 cm³/mol. The van der Waals surface area contributed by atoms with Crippen molar-refractivity contribution in [2.24, 2.45) is 11.5 Å². The topological polar surface area (TPSA) is 157 Å². The van der Waals surface area contributed by atoms with E-state index < -0.39 is 17.9 Å². The summed E-state index contributed by atoms with van der Waals surface area (Å²) in [7, 11) is 0. The Bertz CT molecular complexity index is 1470. The molecule has 0 saturated carbocycles.